The number of rotatable bonds is 5. The van der Waals surface area contributed by atoms with Gasteiger partial charge in [-0.1, -0.05) is 27.5 Å². The molecule has 0 radical (unpaired) electrons. The summed E-state index contributed by atoms with van der Waals surface area (Å²) in [4.78, 5) is 25.7. The van der Waals surface area contributed by atoms with Crippen molar-refractivity contribution in [3.05, 3.63) is 33.3 Å². The fraction of sp³-hybridized carbons (Fsp3) is 0.429. The topological polar surface area (TPSA) is 46.6 Å². The van der Waals surface area contributed by atoms with Gasteiger partial charge in [0.2, 0.25) is 0 Å². The lowest BCUT2D eigenvalue weighted by atomic mass is 10.2. The molecular formula is C14H15BrClNO3. The van der Waals surface area contributed by atoms with Crippen LogP contribution in [0.3, 0.4) is 0 Å². The van der Waals surface area contributed by atoms with Gasteiger partial charge in [0, 0.05) is 10.5 Å². The number of carbonyl (C=O) groups is 2. The second kappa shape index (κ2) is 6.59. The summed E-state index contributed by atoms with van der Waals surface area (Å²) in [6.07, 6.45) is 1.83. The van der Waals surface area contributed by atoms with E-state index in [0.717, 1.165) is 17.3 Å². The van der Waals surface area contributed by atoms with Crippen LogP contribution in [0.25, 0.3) is 0 Å². The number of amides is 1. The molecule has 0 bridgehead atoms. The maximum Gasteiger partial charge on any atom is 0.325 e. The van der Waals surface area contributed by atoms with E-state index in [-0.39, 0.29) is 24.5 Å². The molecule has 1 aliphatic rings. The lowest BCUT2D eigenvalue weighted by molar-refractivity contribution is -0.144. The zero-order chi connectivity index (χ0) is 14.7. The number of esters is 1. The Morgan fingerprint density at radius 3 is 2.75 bits per heavy atom. The number of halogens is 2. The van der Waals surface area contributed by atoms with Gasteiger partial charge in [-0.15, -0.1) is 0 Å². The Balaban J connectivity index is 2.18. The highest BCUT2D eigenvalue weighted by Crippen LogP contribution is 2.30. The standard InChI is InChI=1S/C14H15BrClNO3/c1-2-20-13(18)8-17(10-4-5-10)14(19)11-7-9(15)3-6-12(11)16/h3,6-7,10H,2,4-5,8H2,1H3. The summed E-state index contributed by atoms with van der Waals surface area (Å²) in [5.74, 6) is -0.620. The van der Waals surface area contributed by atoms with Gasteiger partial charge in [-0.3, -0.25) is 9.59 Å². The zero-order valence-corrected chi connectivity index (χ0v) is 13.4. The minimum absolute atomic E-state index is 0.0276. The van der Waals surface area contributed by atoms with Crippen molar-refractivity contribution >= 4 is 39.4 Å². The van der Waals surface area contributed by atoms with E-state index in [1.54, 1.807) is 30.0 Å². The zero-order valence-electron chi connectivity index (χ0n) is 11.1. The molecule has 1 amide bonds. The summed E-state index contributed by atoms with van der Waals surface area (Å²) in [7, 11) is 0. The molecule has 0 aliphatic heterocycles. The molecule has 6 heteroatoms. The van der Waals surface area contributed by atoms with Crippen molar-refractivity contribution in [2.45, 2.75) is 25.8 Å². The molecular weight excluding hydrogens is 346 g/mol. The van der Waals surface area contributed by atoms with Crippen LogP contribution in [0.1, 0.15) is 30.1 Å². The quantitative estimate of drug-likeness (QED) is 0.757. The van der Waals surface area contributed by atoms with Crippen LogP contribution < -0.4 is 0 Å². The maximum atomic E-state index is 12.6. The van der Waals surface area contributed by atoms with Crippen LogP contribution in [0.4, 0.5) is 0 Å². The molecule has 1 saturated carbocycles. The normalized spacial score (nSPS) is 13.9. The molecule has 1 aromatic rings. The van der Waals surface area contributed by atoms with Crippen LogP contribution in [-0.2, 0) is 9.53 Å². The Hall–Kier alpha value is -1.07. The molecule has 108 valence electrons. The molecule has 0 N–H and O–H groups in total. The molecule has 0 atom stereocenters. The lowest BCUT2D eigenvalue weighted by Crippen LogP contribution is -2.38. The summed E-state index contributed by atoms with van der Waals surface area (Å²) < 4.78 is 5.69. The minimum Gasteiger partial charge on any atom is -0.465 e. The van der Waals surface area contributed by atoms with Crippen LogP contribution in [0, 0.1) is 0 Å². The van der Waals surface area contributed by atoms with Crippen molar-refractivity contribution in [1.29, 1.82) is 0 Å². The van der Waals surface area contributed by atoms with E-state index in [1.165, 1.54) is 0 Å². The number of benzene rings is 1. The van der Waals surface area contributed by atoms with Gasteiger partial charge in [0.15, 0.2) is 0 Å². The minimum atomic E-state index is -0.390. The van der Waals surface area contributed by atoms with E-state index in [1.807, 2.05) is 0 Å². The third-order valence-corrected chi connectivity index (χ3v) is 3.83. The van der Waals surface area contributed by atoms with E-state index in [2.05, 4.69) is 15.9 Å². The van der Waals surface area contributed by atoms with Crippen LogP contribution in [0.5, 0.6) is 0 Å². The SMILES string of the molecule is CCOC(=O)CN(C(=O)c1cc(Br)ccc1Cl)C1CC1. The first kappa shape index (κ1) is 15.3. The smallest absolute Gasteiger partial charge is 0.325 e. The van der Waals surface area contributed by atoms with E-state index >= 15 is 0 Å². The highest BCUT2D eigenvalue weighted by atomic mass is 79.9. The largest absolute Gasteiger partial charge is 0.465 e. The number of nitrogens with zero attached hydrogens (tertiary/aromatic N) is 1. The summed E-state index contributed by atoms with van der Waals surface area (Å²) in [5, 5.41) is 0.382. The first-order valence-corrected chi connectivity index (χ1v) is 7.61. The summed E-state index contributed by atoms with van der Waals surface area (Å²) in [6.45, 7) is 2.02. The Labute approximate surface area is 131 Å². The number of hydrogen-bond donors (Lipinski definition) is 0. The molecule has 1 aromatic carbocycles. The van der Waals surface area contributed by atoms with Crippen molar-refractivity contribution in [2.75, 3.05) is 13.2 Å². The first-order chi connectivity index (χ1) is 9.52. The van der Waals surface area contributed by atoms with E-state index in [9.17, 15) is 9.59 Å². The molecule has 0 aromatic heterocycles. The Morgan fingerprint density at radius 1 is 1.45 bits per heavy atom. The van der Waals surface area contributed by atoms with Crippen LogP contribution >= 0.6 is 27.5 Å². The van der Waals surface area contributed by atoms with E-state index in [0.29, 0.717) is 17.2 Å². The number of hydrogen-bond acceptors (Lipinski definition) is 3. The molecule has 0 spiro atoms. The van der Waals surface area contributed by atoms with Crippen molar-refractivity contribution in [1.82, 2.24) is 4.90 Å². The Bertz CT molecular complexity index is 531. The van der Waals surface area contributed by atoms with Gasteiger partial charge in [-0.05, 0) is 38.0 Å². The highest BCUT2D eigenvalue weighted by molar-refractivity contribution is 9.10. The summed E-state index contributed by atoms with van der Waals surface area (Å²) in [5.41, 5.74) is 0.400. The summed E-state index contributed by atoms with van der Waals surface area (Å²) in [6, 6.07) is 5.22. The fourth-order valence-corrected chi connectivity index (χ4v) is 2.47. The number of carbonyl (C=O) groups excluding carboxylic acids is 2. The van der Waals surface area contributed by atoms with Crippen molar-refractivity contribution < 1.29 is 14.3 Å². The predicted molar refractivity (Wildman–Crippen MR) is 79.8 cm³/mol. The Kier molecular flexibility index (Phi) is 5.05. The van der Waals surface area contributed by atoms with Gasteiger partial charge in [0.25, 0.3) is 5.91 Å². The third-order valence-electron chi connectivity index (χ3n) is 3.01. The van der Waals surface area contributed by atoms with Gasteiger partial charge < -0.3 is 9.64 Å². The van der Waals surface area contributed by atoms with Gasteiger partial charge in [-0.2, -0.15) is 0 Å². The molecule has 20 heavy (non-hydrogen) atoms. The molecule has 4 nitrogen and oxygen atoms in total. The second-order valence-electron chi connectivity index (χ2n) is 4.59. The van der Waals surface area contributed by atoms with Crippen molar-refractivity contribution in [2.24, 2.45) is 0 Å². The van der Waals surface area contributed by atoms with Crippen molar-refractivity contribution in [3.8, 4) is 0 Å². The van der Waals surface area contributed by atoms with Gasteiger partial charge >= 0.3 is 5.97 Å². The average Bonchev–Trinajstić information content (AvgIpc) is 3.23. The predicted octanol–water partition coefficient (Wildman–Crippen LogP) is 3.27. The maximum absolute atomic E-state index is 12.6. The highest BCUT2D eigenvalue weighted by Gasteiger charge is 2.35. The monoisotopic (exact) mass is 359 g/mol. The molecule has 1 fully saturated rings. The Morgan fingerprint density at radius 2 is 2.15 bits per heavy atom. The molecule has 0 unspecified atom stereocenters. The van der Waals surface area contributed by atoms with Gasteiger partial charge in [-0.25, -0.2) is 0 Å². The lowest BCUT2D eigenvalue weighted by Gasteiger charge is -2.22. The van der Waals surface area contributed by atoms with Gasteiger partial charge in [0.1, 0.15) is 6.54 Å². The fourth-order valence-electron chi connectivity index (χ4n) is 1.91. The van der Waals surface area contributed by atoms with Crippen molar-refractivity contribution in [3.63, 3.8) is 0 Å². The average molecular weight is 361 g/mol. The second-order valence-corrected chi connectivity index (χ2v) is 5.92. The third kappa shape index (κ3) is 3.73. The van der Waals surface area contributed by atoms with Crippen LogP contribution in [0.15, 0.2) is 22.7 Å². The molecule has 1 aliphatic carbocycles. The molecule has 0 heterocycles. The molecule has 0 saturated heterocycles. The molecule has 2 rings (SSSR count). The number of ether oxygens (including phenoxy) is 1. The summed E-state index contributed by atoms with van der Waals surface area (Å²) >= 11 is 9.39. The van der Waals surface area contributed by atoms with E-state index in [4.69, 9.17) is 16.3 Å². The van der Waals surface area contributed by atoms with E-state index < -0.39 is 0 Å². The van der Waals surface area contributed by atoms with Crippen LogP contribution in [0.2, 0.25) is 5.02 Å². The van der Waals surface area contributed by atoms with Crippen LogP contribution in [-0.4, -0.2) is 36.0 Å². The first-order valence-electron chi connectivity index (χ1n) is 6.44. The van der Waals surface area contributed by atoms with Gasteiger partial charge in [0.05, 0.1) is 17.2 Å².